The standard InChI is InChI=1S/C20H30O2/c1-13(2)14-6-8-16-15(12-14)7-9-17-19(16,3)10-5-11-20(17,4)18(21)22/h6,12-13,16-17H,5,7-11H2,1-4H3,(H,21,22)/p-1/t16-,17-,19+,20-/m0/s1. The Balaban J connectivity index is 1.95. The van der Waals surface area contributed by atoms with E-state index in [-0.39, 0.29) is 11.3 Å². The van der Waals surface area contributed by atoms with Crippen molar-refractivity contribution in [1.29, 1.82) is 0 Å². The molecule has 0 spiro atoms. The number of fused-ring (bicyclic) bond motifs is 3. The maximum atomic E-state index is 11.8. The summed E-state index contributed by atoms with van der Waals surface area (Å²) in [6.45, 7) is 8.80. The minimum absolute atomic E-state index is 0.121. The lowest BCUT2D eigenvalue weighted by molar-refractivity contribution is -0.326. The smallest absolute Gasteiger partial charge is 0.0476 e. The molecule has 0 bridgehead atoms. The van der Waals surface area contributed by atoms with Crippen LogP contribution in [0.25, 0.3) is 0 Å². The van der Waals surface area contributed by atoms with Gasteiger partial charge >= 0.3 is 0 Å². The Morgan fingerprint density at radius 1 is 1.32 bits per heavy atom. The lowest BCUT2D eigenvalue weighted by Crippen LogP contribution is -2.56. The van der Waals surface area contributed by atoms with Crippen LogP contribution in [0.1, 0.15) is 66.2 Å². The quantitative estimate of drug-likeness (QED) is 0.776. The molecule has 0 aromatic rings. The first kappa shape index (κ1) is 15.8. The van der Waals surface area contributed by atoms with Crippen molar-refractivity contribution in [2.75, 3.05) is 0 Å². The fourth-order valence-corrected chi connectivity index (χ4v) is 5.65. The van der Waals surface area contributed by atoms with E-state index < -0.39 is 11.4 Å². The van der Waals surface area contributed by atoms with Crippen LogP contribution in [0.2, 0.25) is 0 Å². The fourth-order valence-electron chi connectivity index (χ4n) is 5.65. The predicted octanol–water partition coefficient (Wildman–Crippen LogP) is 3.87. The van der Waals surface area contributed by atoms with Gasteiger partial charge in [-0.05, 0) is 60.8 Å². The Morgan fingerprint density at radius 3 is 2.68 bits per heavy atom. The fraction of sp³-hybridized carbons (Fsp3) is 0.750. The van der Waals surface area contributed by atoms with Gasteiger partial charge in [0.25, 0.3) is 0 Å². The van der Waals surface area contributed by atoms with E-state index in [1.807, 2.05) is 6.92 Å². The van der Waals surface area contributed by atoms with Crippen LogP contribution >= 0.6 is 0 Å². The van der Waals surface area contributed by atoms with Gasteiger partial charge in [0.15, 0.2) is 0 Å². The normalized spacial score (nSPS) is 41.3. The third-order valence-corrected chi connectivity index (χ3v) is 7.02. The van der Waals surface area contributed by atoms with Crippen LogP contribution in [0.3, 0.4) is 0 Å². The number of hydrogen-bond acceptors (Lipinski definition) is 2. The number of carboxylic acids is 1. The molecule has 2 saturated carbocycles. The van der Waals surface area contributed by atoms with Gasteiger partial charge in [0, 0.05) is 11.4 Å². The van der Waals surface area contributed by atoms with E-state index in [0.29, 0.717) is 11.8 Å². The van der Waals surface area contributed by atoms with E-state index in [1.54, 1.807) is 5.57 Å². The maximum Gasteiger partial charge on any atom is 0.0476 e. The van der Waals surface area contributed by atoms with Gasteiger partial charge in [0.1, 0.15) is 0 Å². The summed E-state index contributed by atoms with van der Waals surface area (Å²) < 4.78 is 0. The van der Waals surface area contributed by atoms with Crippen LogP contribution in [0.5, 0.6) is 0 Å². The molecule has 2 nitrogen and oxygen atoms in total. The molecular weight excluding hydrogens is 272 g/mol. The molecule has 0 aromatic heterocycles. The second-order valence-electron chi connectivity index (χ2n) is 8.52. The molecule has 4 atom stereocenters. The van der Waals surface area contributed by atoms with Gasteiger partial charge in [0.2, 0.25) is 0 Å². The summed E-state index contributed by atoms with van der Waals surface area (Å²) in [5, 5.41) is 11.8. The number of carboxylic acid groups (broad SMARTS) is 1. The molecule has 3 aliphatic rings. The van der Waals surface area contributed by atoms with Crippen molar-refractivity contribution in [2.45, 2.75) is 66.2 Å². The van der Waals surface area contributed by atoms with E-state index in [1.165, 1.54) is 5.57 Å². The molecule has 2 heteroatoms. The number of allylic oxidation sites excluding steroid dienone is 4. The zero-order valence-corrected chi connectivity index (χ0v) is 14.4. The Hall–Kier alpha value is -1.05. The topological polar surface area (TPSA) is 40.1 Å². The van der Waals surface area contributed by atoms with Gasteiger partial charge in [-0.1, -0.05) is 51.8 Å². The molecule has 0 aromatic carbocycles. The van der Waals surface area contributed by atoms with Crippen LogP contribution in [-0.4, -0.2) is 5.97 Å². The third-order valence-electron chi connectivity index (χ3n) is 7.02. The number of hydrogen-bond donors (Lipinski definition) is 0. The van der Waals surface area contributed by atoms with E-state index in [9.17, 15) is 9.90 Å². The number of carbonyl (C=O) groups excluding carboxylic acids is 1. The number of rotatable bonds is 2. The third kappa shape index (κ3) is 2.18. The molecule has 22 heavy (non-hydrogen) atoms. The molecule has 0 saturated heterocycles. The van der Waals surface area contributed by atoms with Crippen LogP contribution in [-0.2, 0) is 4.79 Å². The Kier molecular flexibility index (Phi) is 3.78. The van der Waals surface area contributed by atoms with E-state index in [2.05, 4.69) is 32.9 Å². The summed E-state index contributed by atoms with van der Waals surface area (Å²) in [6, 6.07) is 0. The molecule has 2 fully saturated rings. The zero-order valence-electron chi connectivity index (χ0n) is 14.4. The average molecular weight is 301 g/mol. The van der Waals surface area contributed by atoms with E-state index in [0.717, 1.165) is 38.5 Å². The van der Waals surface area contributed by atoms with Crippen LogP contribution in [0, 0.1) is 28.6 Å². The Labute approximate surface area is 134 Å². The summed E-state index contributed by atoms with van der Waals surface area (Å²) >= 11 is 0. The molecule has 3 aliphatic carbocycles. The first-order valence-electron chi connectivity index (χ1n) is 8.91. The van der Waals surface area contributed by atoms with Gasteiger partial charge in [-0.25, -0.2) is 0 Å². The van der Waals surface area contributed by atoms with Crippen molar-refractivity contribution in [3.05, 3.63) is 23.3 Å². The summed E-state index contributed by atoms with van der Waals surface area (Å²) in [7, 11) is 0. The maximum absolute atomic E-state index is 11.8. The second kappa shape index (κ2) is 5.25. The van der Waals surface area contributed by atoms with Gasteiger partial charge in [0.05, 0.1) is 0 Å². The Morgan fingerprint density at radius 2 is 2.05 bits per heavy atom. The highest BCUT2D eigenvalue weighted by atomic mass is 16.4. The van der Waals surface area contributed by atoms with Crippen molar-refractivity contribution >= 4 is 5.97 Å². The first-order chi connectivity index (χ1) is 10.3. The average Bonchev–Trinajstić information content (AvgIpc) is 2.46. The molecule has 0 heterocycles. The highest BCUT2D eigenvalue weighted by molar-refractivity contribution is 5.73. The summed E-state index contributed by atoms with van der Waals surface area (Å²) in [6.07, 6.45) is 11.0. The van der Waals surface area contributed by atoms with Crippen molar-refractivity contribution in [2.24, 2.45) is 28.6 Å². The molecular formula is C20H29O2-. The molecule has 0 aliphatic heterocycles. The zero-order chi connectivity index (χ0) is 16.1. The summed E-state index contributed by atoms with van der Waals surface area (Å²) in [5.74, 6) is 0.548. The van der Waals surface area contributed by atoms with E-state index >= 15 is 0 Å². The predicted molar refractivity (Wildman–Crippen MR) is 86.9 cm³/mol. The molecule has 0 radical (unpaired) electrons. The highest BCUT2D eigenvalue weighted by Crippen LogP contribution is 2.62. The highest BCUT2D eigenvalue weighted by Gasteiger charge is 2.55. The molecule has 122 valence electrons. The minimum Gasteiger partial charge on any atom is -0.550 e. The van der Waals surface area contributed by atoms with Gasteiger partial charge in [-0.2, -0.15) is 0 Å². The lowest BCUT2D eigenvalue weighted by Gasteiger charge is -2.59. The lowest BCUT2D eigenvalue weighted by atomic mass is 9.46. The summed E-state index contributed by atoms with van der Waals surface area (Å²) in [5.41, 5.74) is 2.52. The largest absolute Gasteiger partial charge is 0.550 e. The molecule has 0 amide bonds. The SMILES string of the molecule is CC(C)C1=CC[C@H]2C(=C1)CC[C@H]1[C@]2(C)CCC[C@]1(C)C(=O)[O-]. The minimum atomic E-state index is -0.829. The molecule has 3 rings (SSSR count). The molecule has 0 unspecified atom stereocenters. The second-order valence-corrected chi connectivity index (χ2v) is 8.52. The monoisotopic (exact) mass is 301 g/mol. The van der Waals surface area contributed by atoms with Crippen molar-refractivity contribution in [3.8, 4) is 0 Å². The number of aliphatic carboxylic acids is 1. The van der Waals surface area contributed by atoms with Crippen molar-refractivity contribution in [1.82, 2.24) is 0 Å². The van der Waals surface area contributed by atoms with Crippen LogP contribution < -0.4 is 5.11 Å². The summed E-state index contributed by atoms with van der Waals surface area (Å²) in [4.78, 5) is 11.8. The number of carbonyl (C=O) groups is 1. The van der Waals surface area contributed by atoms with Crippen molar-refractivity contribution < 1.29 is 9.90 Å². The molecule has 0 N–H and O–H groups in total. The van der Waals surface area contributed by atoms with E-state index in [4.69, 9.17) is 0 Å². The Bertz CT molecular complexity index is 542. The first-order valence-corrected chi connectivity index (χ1v) is 8.91. The van der Waals surface area contributed by atoms with Crippen LogP contribution in [0.15, 0.2) is 23.3 Å². The van der Waals surface area contributed by atoms with Gasteiger partial charge in [-0.3, -0.25) is 0 Å². The van der Waals surface area contributed by atoms with Crippen molar-refractivity contribution in [3.63, 3.8) is 0 Å². The van der Waals surface area contributed by atoms with Crippen LogP contribution in [0.4, 0.5) is 0 Å². The van der Waals surface area contributed by atoms with Gasteiger partial charge in [-0.15, -0.1) is 0 Å². The van der Waals surface area contributed by atoms with Gasteiger partial charge < -0.3 is 9.90 Å².